The van der Waals surface area contributed by atoms with Crippen molar-refractivity contribution in [2.45, 2.75) is 4.21 Å². The average molecular weight is 425 g/mol. The van der Waals surface area contributed by atoms with Gasteiger partial charge in [0.2, 0.25) is 0 Å². The Labute approximate surface area is 131 Å². The molecule has 2 aromatic rings. The highest BCUT2D eigenvalue weighted by Gasteiger charge is 2.12. The Morgan fingerprint density at radius 1 is 1.26 bits per heavy atom. The Morgan fingerprint density at radius 3 is 2.42 bits per heavy atom. The molecule has 2 rings (SSSR count). The van der Waals surface area contributed by atoms with Crippen LogP contribution in [0, 0.1) is 0 Å². The summed E-state index contributed by atoms with van der Waals surface area (Å²) >= 11 is 7.45. The smallest absolute Gasteiger partial charge is 0.291 e. The number of phenols is 1. The second-order valence-electron chi connectivity index (χ2n) is 3.47. The van der Waals surface area contributed by atoms with Gasteiger partial charge in [-0.1, -0.05) is 6.07 Å². The molecule has 1 heterocycles. The number of thiophene rings is 1. The number of nitrogens with zero attached hydrogens (tertiary/aromatic N) is 1. The fourth-order valence-corrected chi connectivity index (χ4v) is 4.32. The zero-order valence-electron chi connectivity index (χ0n) is 9.25. The highest BCUT2D eigenvalue weighted by atomic mass is 79.9. The summed E-state index contributed by atoms with van der Waals surface area (Å²) in [6.45, 7) is 0. The fourth-order valence-electron chi connectivity index (χ4n) is 1.25. The summed E-state index contributed by atoms with van der Waals surface area (Å²) in [5.74, 6) is 0.0539. The topological polar surface area (TPSA) is 66.7 Å². The van der Waals surface area contributed by atoms with E-state index in [1.807, 2.05) is 0 Å². The van der Waals surface area contributed by atoms with Crippen LogP contribution in [0.3, 0.4) is 0 Å². The lowest BCUT2D eigenvalue weighted by atomic mass is 10.2. The van der Waals surface area contributed by atoms with Crippen molar-refractivity contribution in [1.82, 2.24) is 0 Å². The fraction of sp³-hybridized carbons (Fsp3) is 0. The van der Waals surface area contributed by atoms with Crippen molar-refractivity contribution >= 4 is 59.4 Å². The first kappa shape index (κ1) is 14.7. The van der Waals surface area contributed by atoms with Gasteiger partial charge in [-0.25, -0.2) is 0 Å². The van der Waals surface area contributed by atoms with Crippen molar-refractivity contribution < 1.29 is 13.5 Å². The van der Waals surface area contributed by atoms with Gasteiger partial charge in [0, 0.05) is 6.21 Å². The minimum Gasteiger partial charge on any atom is -0.506 e. The molecule has 0 aliphatic heterocycles. The predicted octanol–water partition coefficient (Wildman–Crippen LogP) is 3.79. The number of benzene rings is 1. The number of phenolic OH excluding ortho intramolecular Hbond substituents is 1. The first-order chi connectivity index (χ1) is 8.90. The Kier molecular flexibility index (Phi) is 4.44. The van der Waals surface area contributed by atoms with Crippen molar-refractivity contribution in [3.63, 3.8) is 0 Å². The van der Waals surface area contributed by atoms with E-state index in [-0.39, 0.29) is 9.96 Å². The summed E-state index contributed by atoms with van der Waals surface area (Å²) in [4.78, 5) is 0. The van der Waals surface area contributed by atoms with E-state index in [9.17, 15) is 13.5 Å². The second-order valence-corrected chi connectivity index (χ2v) is 7.99. The summed E-state index contributed by atoms with van der Waals surface area (Å²) in [6, 6.07) is 6.31. The molecule has 0 radical (unpaired) electrons. The van der Waals surface area contributed by atoms with Gasteiger partial charge in [-0.15, -0.1) is 11.3 Å². The first-order valence-electron chi connectivity index (χ1n) is 4.92. The molecule has 0 unspecified atom stereocenters. The lowest BCUT2D eigenvalue weighted by Gasteiger charge is -2.01. The zero-order valence-corrected chi connectivity index (χ0v) is 14.1. The highest BCUT2D eigenvalue weighted by Crippen LogP contribution is 2.33. The van der Waals surface area contributed by atoms with Gasteiger partial charge in [-0.05, 0) is 61.0 Å². The summed E-state index contributed by atoms with van der Waals surface area (Å²) in [7, 11) is -3.66. The van der Waals surface area contributed by atoms with E-state index < -0.39 is 10.0 Å². The van der Waals surface area contributed by atoms with Gasteiger partial charge in [0.1, 0.15) is 9.96 Å². The highest BCUT2D eigenvalue weighted by molar-refractivity contribution is 9.11. The largest absolute Gasteiger partial charge is 0.506 e. The van der Waals surface area contributed by atoms with Crippen LogP contribution in [-0.2, 0) is 10.0 Å². The molecule has 8 heteroatoms. The van der Waals surface area contributed by atoms with Gasteiger partial charge in [-0.2, -0.15) is 12.8 Å². The molecule has 0 amide bonds. The SMILES string of the molecule is O=S(=O)(/N=C\c1cc(Br)c(O)c(Br)c1)c1cccs1. The minimum absolute atomic E-state index is 0.0539. The molecule has 4 nitrogen and oxygen atoms in total. The Hall–Kier alpha value is -0.700. The van der Waals surface area contributed by atoms with Crippen LogP contribution in [0.5, 0.6) is 5.75 Å². The lowest BCUT2D eigenvalue weighted by molar-refractivity contribution is 0.468. The molecule has 100 valence electrons. The molecule has 0 saturated heterocycles. The van der Waals surface area contributed by atoms with Crippen LogP contribution in [0.2, 0.25) is 0 Å². The molecule has 0 aliphatic carbocycles. The van der Waals surface area contributed by atoms with Gasteiger partial charge in [0.25, 0.3) is 10.0 Å². The van der Waals surface area contributed by atoms with Crippen LogP contribution in [0.15, 0.2) is 47.2 Å². The molecular formula is C11H7Br2NO3S2. The summed E-state index contributed by atoms with van der Waals surface area (Å²) in [5.41, 5.74) is 0.552. The van der Waals surface area contributed by atoms with E-state index in [1.54, 1.807) is 23.6 Å². The summed E-state index contributed by atoms with van der Waals surface area (Å²) in [5, 5.41) is 11.2. The molecule has 1 aromatic heterocycles. The maximum atomic E-state index is 11.8. The van der Waals surface area contributed by atoms with E-state index in [1.165, 1.54) is 12.3 Å². The molecule has 1 N–H and O–H groups in total. The van der Waals surface area contributed by atoms with Crippen LogP contribution >= 0.6 is 43.2 Å². The predicted molar refractivity (Wildman–Crippen MR) is 82.6 cm³/mol. The molecule has 0 saturated carbocycles. The Morgan fingerprint density at radius 2 is 1.89 bits per heavy atom. The van der Waals surface area contributed by atoms with E-state index >= 15 is 0 Å². The first-order valence-corrected chi connectivity index (χ1v) is 8.82. The molecular weight excluding hydrogens is 418 g/mol. The number of halogens is 2. The normalized spacial score (nSPS) is 12.1. The molecule has 0 bridgehead atoms. The lowest BCUT2D eigenvalue weighted by Crippen LogP contribution is -1.95. The van der Waals surface area contributed by atoms with Gasteiger partial charge in [0.05, 0.1) is 8.95 Å². The van der Waals surface area contributed by atoms with E-state index in [4.69, 9.17) is 0 Å². The minimum atomic E-state index is -3.66. The molecule has 1 aromatic carbocycles. The van der Waals surface area contributed by atoms with Crippen LogP contribution in [0.25, 0.3) is 0 Å². The Bertz CT molecular complexity index is 701. The molecule has 19 heavy (non-hydrogen) atoms. The molecule has 0 atom stereocenters. The van der Waals surface area contributed by atoms with Gasteiger partial charge in [-0.3, -0.25) is 0 Å². The second kappa shape index (κ2) is 5.74. The Balaban J connectivity index is 2.34. The maximum Gasteiger partial charge on any atom is 0.291 e. The third kappa shape index (κ3) is 3.44. The van der Waals surface area contributed by atoms with Crippen LogP contribution in [0.1, 0.15) is 5.56 Å². The van der Waals surface area contributed by atoms with Crippen molar-refractivity contribution in [3.8, 4) is 5.75 Å². The third-order valence-electron chi connectivity index (χ3n) is 2.13. The van der Waals surface area contributed by atoms with Gasteiger partial charge >= 0.3 is 0 Å². The van der Waals surface area contributed by atoms with Crippen molar-refractivity contribution in [1.29, 1.82) is 0 Å². The number of sulfonamides is 1. The summed E-state index contributed by atoms with van der Waals surface area (Å²) < 4.78 is 28.4. The average Bonchev–Trinajstić information content (AvgIpc) is 2.88. The third-order valence-corrected chi connectivity index (χ3v) is 5.95. The van der Waals surface area contributed by atoms with Crippen molar-refractivity contribution in [2.75, 3.05) is 0 Å². The van der Waals surface area contributed by atoms with E-state index in [2.05, 4.69) is 36.3 Å². The summed E-state index contributed by atoms with van der Waals surface area (Å²) in [6.07, 6.45) is 1.24. The van der Waals surface area contributed by atoms with Gasteiger partial charge < -0.3 is 5.11 Å². The number of hydrogen-bond acceptors (Lipinski definition) is 4. The van der Waals surface area contributed by atoms with Crippen molar-refractivity contribution in [2.24, 2.45) is 4.40 Å². The van der Waals surface area contributed by atoms with Crippen molar-refractivity contribution in [3.05, 3.63) is 44.2 Å². The zero-order chi connectivity index (χ0) is 14.0. The van der Waals surface area contributed by atoms with Crippen LogP contribution in [0.4, 0.5) is 0 Å². The van der Waals surface area contributed by atoms with E-state index in [0.717, 1.165) is 11.3 Å². The van der Waals surface area contributed by atoms with E-state index in [0.29, 0.717) is 14.5 Å². The van der Waals surface area contributed by atoms with Crippen LogP contribution in [-0.4, -0.2) is 19.7 Å². The standard InChI is InChI=1S/C11H7Br2NO3S2/c12-8-4-7(5-9(13)11(8)15)6-14-19(16,17)10-2-1-3-18-10/h1-6,15H/b14-6-. The van der Waals surface area contributed by atoms with Gasteiger partial charge in [0.15, 0.2) is 0 Å². The van der Waals surface area contributed by atoms with Crippen LogP contribution < -0.4 is 0 Å². The monoisotopic (exact) mass is 423 g/mol. The molecule has 0 fully saturated rings. The number of rotatable bonds is 3. The quantitative estimate of drug-likeness (QED) is 0.762. The number of aromatic hydroxyl groups is 1. The molecule has 0 spiro atoms. The molecule has 0 aliphatic rings. The number of hydrogen-bond donors (Lipinski definition) is 1. The maximum absolute atomic E-state index is 11.8.